The molecule has 20 heavy (non-hydrogen) atoms. The molecule has 5 heteroatoms. The average molecular weight is 283 g/mol. The van der Waals surface area contributed by atoms with Crippen molar-refractivity contribution in [2.75, 3.05) is 11.9 Å². The lowest BCUT2D eigenvalue weighted by Gasteiger charge is -2.00. The predicted molar refractivity (Wildman–Crippen MR) is 82.4 cm³/mol. The summed E-state index contributed by atoms with van der Waals surface area (Å²) in [6, 6.07) is 8.16. The SMILES string of the molecule is Cc1ccc(-c2csc(NC(=O)C3=CCN=C3)n2)cc1. The van der Waals surface area contributed by atoms with Gasteiger partial charge in [0.05, 0.1) is 17.8 Å². The summed E-state index contributed by atoms with van der Waals surface area (Å²) in [5, 5.41) is 5.34. The van der Waals surface area contributed by atoms with E-state index < -0.39 is 0 Å². The second-order valence-corrected chi connectivity index (χ2v) is 5.37. The third-order valence-corrected chi connectivity index (χ3v) is 3.74. The molecule has 0 atom stereocenters. The van der Waals surface area contributed by atoms with Gasteiger partial charge in [-0.25, -0.2) is 4.98 Å². The Morgan fingerprint density at radius 1 is 1.30 bits per heavy atom. The molecule has 1 aromatic heterocycles. The zero-order valence-corrected chi connectivity index (χ0v) is 11.8. The summed E-state index contributed by atoms with van der Waals surface area (Å²) in [6.07, 6.45) is 3.38. The third kappa shape index (κ3) is 2.67. The van der Waals surface area contributed by atoms with Gasteiger partial charge in [0.15, 0.2) is 5.13 Å². The second-order valence-electron chi connectivity index (χ2n) is 4.51. The van der Waals surface area contributed by atoms with Crippen molar-refractivity contribution < 1.29 is 4.79 Å². The molecule has 1 N–H and O–H groups in total. The Bertz CT molecular complexity index is 698. The van der Waals surface area contributed by atoms with Crippen molar-refractivity contribution in [3.05, 3.63) is 46.9 Å². The van der Waals surface area contributed by atoms with E-state index in [9.17, 15) is 4.79 Å². The number of anilines is 1. The van der Waals surface area contributed by atoms with Crippen LogP contribution >= 0.6 is 11.3 Å². The quantitative estimate of drug-likeness (QED) is 0.941. The summed E-state index contributed by atoms with van der Waals surface area (Å²) >= 11 is 1.42. The number of nitrogens with zero attached hydrogens (tertiary/aromatic N) is 2. The van der Waals surface area contributed by atoms with Crippen LogP contribution in [0.1, 0.15) is 5.56 Å². The number of nitrogens with one attached hydrogen (secondary N) is 1. The van der Waals surface area contributed by atoms with Gasteiger partial charge in [-0.2, -0.15) is 0 Å². The molecule has 3 rings (SSSR count). The number of carbonyl (C=O) groups excluding carboxylic acids is 1. The van der Waals surface area contributed by atoms with Gasteiger partial charge in [0.1, 0.15) is 0 Å². The Hall–Kier alpha value is -2.27. The number of rotatable bonds is 3. The van der Waals surface area contributed by atoms with E-state index in [-0.39, 0.29) is 5.91 Å². The maximum Gasteiger partial charge on any atom is 0.258 e. The number of aliphatic imine (C=N–C) groups is 1. The highest BCUT2D eigenvalue weighted by atomic mass is 32.1. The van der Waals surface area contributed by atoms with Crippen LogP contribution in [0.3, 0.4) is 0 Å². The smallest absolute Gasteiger partial charge is 0.258 e. The zero-order chi connectivity index (χ0) is 13.9. The van der Waals surface area contributed by atoms with Crippen LogP contribution in [0.15, 0.2) is 46.3 Å². The monoisotopic (exact) mass is 283 g/mol. The van der Waals surface area contributed by atoms with Crippen LogP contribution in [0.5, 0.6) is 0 Å². The fourth-order valence-electron chi connectivity index (χ4n) is 1.86. The molecule has 0 saturated carbocycles. The Labute approximate surface area is 120 Å². The number of benzene rings is 1. The number of thiazole rings is 1. The van der Waals surface area contributed by atoms with Crippen LogP contribution in [-0.2, 0) is 4.79 Å². The largest absolute Gasteiger partial charge is 0.298 e. The summed E-state index contributed by atoms with van der Waals surface area (Å²) in [5.41, 5.74) is 3.73. The lowest BCUT2D eigenvalue weighted by molar-refractivity contribution is -0.112. The molecule has 1 aliphatic heterocycles. The highest BCUT2D eigenvalue weighted by molar-refractivity contribution is 7.14. The molecule has 2 aromatic rings. The van der Waals surface area contributed by atoms with Gasteiger partial charge in [-0.05, 0) is 13.0 Å². The summed E-state index contributed by atoms with van der Waals surface area (Å²) in [4.78, 5) is 20.3. The molecule has 0 unspecified atom stereocenters. The molecule has 0 spiro atoms. The van der Waals surface area contributed by atoms with E-state index in [2.05, 4.69) is 15.3 Å². The van der Waals surface area contributed by atoms with E-state index >= 15 is 0 Å². The number of hydrogen-bond acceptors (Lipinski definition) is 4. The molecule has 0 bridgehead atoms. The first-order valence-corrected chi connectivity index (χ1v) is 7.14. The van der Waals surface area contributed by atoms with Crippen molar-refractivity contribution in [2.24, 2.45) is 4.99 Å². The van der Waals surface area contributed by atoms with Gasteiger partial charge >= 0.3 is 0 Å². The van der Waals surface area contributed by atoms with Crippen molar-refractivity contribution in [1.82, 2.24) is 4.98 Å². The first kappa shape index (κ1) is 12.7. The molecule has 100 valence electrons. The zero-order valence-electron chi connectivity index (χ0n) is 11.0. The van der Waals surface area contributed by atoms with Crippen LogP contribution in [0.2, 0.25) is 0 Å². The highest BCUT2D eigenvalue weighted by Crippen LogP contribution is 2.25. The fourth-order valence-corrected chi connectivity index (χ4v) is 2.58. The summed E-state index contributed by atoms with van der Waals surface area (Å²) in [6.45, 7) is 2.63. The minimum absolute atomic E-state index is 0.156. The number of aromatic nitrogens is 1. The molecule has 1 amide bonds. The number of aryl methyl sites for hydroxylation is 1. The van der Waals surface area contributed by atoms with Crippen LogP contribution < -0.4 is 5.32 Å². The normalized spacial score (nSPS) is 13.3. The van der Waals surface area contributed by atoms with Crippen LogP contribution in [-0.4, -0.2) is 23.7 Å². The first-order chi connectivity index (χ1) is 9.72. The van der Waals surface area contributed by atoms with Crippen LogP contribution in [0.4, 0.5) is 5.13 Å². The van der Waals surface area contributed by atoms with Gasteiger partial charge in [0, 0.05) is 17.2 Å². The Balaban J connectivity index is 1.75. The first-order valence-electron chi connectivity index (χ1n) is 6.26. The van der Waals surface area contributed by atoms with E-state index in [0.717, 1.165) is 11.3 Å². The lowest BCUT2D eigenvalue weighted by atomic mass is 10.1. The second kappa shape index (κ2) is 5.38. The molecule has 1 aromatic carbocycles. The summed E-state index contributed by atoms with van der Waals surface area (Å²) in [7, 11) is 0. The molecular weight excluding hydrogens is 270 g/mol. The van der Waals surface area contributed by atoms with Crippen molar-refractivity contribution >= 4 is 28.6 Å². The van der Waals surface area contributed by atoms with Gasteiger partial charge in [-0.15, -0.1) is 11.3 Å². The van der Waals surface area contributed by atoms with E-state index in [4.69, 9.17) is 0 Å². The van der Waals surface area contributed by atoms with E-state index in [1.165, 1.54) is 16.9 Å². The van der Waals surface area contributed by atoms with Gasteiger partial charge in [-0.1, -0.05) is 29.8 Å². The molecule has 0 aliphatic carbocycles. The van der Waals surface area contributed by atoms with Crippen molar-refractivity contribution in [3.63, 3.8) is 0 Å². The molecular formula is C15H13N3OS. The summed E-state index contributed by atoms with van der Waals surface area (Å²) < 4.78 is 0. The maximum atomic E-state index is 11.9. The average Bonchev–Trinajstić information content (AvgIpc) is 3.10. The van der Waals surface area contributed by atoms with Crippen LogP contribution in [0, 0.1) is 6.92 Å². The molecule has 0 radical (unpaired) electrons. The minimum Gasteiger partial charge on any atom is -0.298 e. The Morgan fingerprint density at radius 2 is 2.10 bits per heavy atom. The van der Waals surface area contributed by atoms with Crippen molar-refractivity contribution in [1.29, 1.82) is 0 Å². The van der Waals surface area contributed by atoms with E-state index in [1.807, 2.05) is 36.6 Å². The van der Waals surface area contributed by atoms with Gasteiger partial charge in [-0.3, -0.25) is 15.1 Å². The highest BCUT2D eigenvalue weighted by Gasteiger charge is 2.12. The molecule has 4 nitrogen and oxygen atoms in total. The molecule has 2 heterocycles. The molecule has 0 fully saturated rings. The van der Waals surface area contributed by atoms with Crippen molar-refractivity contribution in [3.8, 4) is 11.3 Å². The van der Waals surface area contributed by atoms with Gasteiger partial charge in [0.2, 0.25) is 0 Å². The van der Waals surface area contributed by atoms with E-state index in [0.29, 0.717) is 17.2 Å². The van der Waals surface area contributed by atoms with Crippen LogP contribution in [0.25, 0.3) is 11.3 Å². The Kier molecular flexibility index (Phi) is 3.43. The fraction of sp³-hybridized carbons (Fsp3) is 0.133. The van der Waals surface area contributed by atoms with Crippen molar-refractivity contribution in [2.45, 2.75) is 6.92 Å². The summed E-state index contributed by atoms with van der Waals surface area (Å²) in [5.74, 6) is -0.156. The van der Waals surface area contributed by atoms with E-state index in [1.54, 1.807) is 12.3 Å². The topological polar surface area (TPSA) is 54.4 Å². The number of hydrogen-bond donors (Lipinski definition) is 1. The maximum absolute atomic E-state index is 11.9. The third-order valence-electron chi connectivity index (χ3n) is 2.98. The predicted octanol–water partition coefficient (Wildman–Crippen LogP) is 3.07. The molecule has 1 aliphatic rings. The lowest BCUT2D eigenvalue weighted by Crippen LogP contribution is -2.14. The standard InChI is InChI=1S/C15H13N3OS/c1-10-2-4-11(5-3-10)13-9-20-15(17-13)18-14(19)12-6-7-16-8-12/h2-6,8-9H,7H2,1H3,(H,17,18,19). The minimum atomic E-state index is -0.156. The molecule has 0 saturated heterocycles. The Morgan fingerprint density at radius 3 is 2.80 bits per heavy atom. The number of carbonyl (C=O) groups is 1. The van der Waals surface area contributed by atoms with Gasteiger partial charge in [0.25, 0.3) is 5.91 Å². The number of amides is 1. The van der Waals surface area contributed by atoms with Gasteiger partial charge < -0.3 is 0 Å².